The summed E-state index contributed by atoms with van der Waals surface area (Å²) in [6.07, 6.45) is 0. The maximum Gasteiger partial charge on any atom is 0.165 e. The molecular weight excluding hydrogens is 304 g/mol. The van der Waals surface area contributed by atoms with Gasteiger partial charge in [-0.3, -0.25) is 0 Å². The van der Waals surface area contributed by atoms with Gasteiger partial charge in [-0.15, -0.1) is 0 Å². The molecule has 6 heteroatoms. The van der Waals surface area contributed by atoms with Crippen LogP contribution in [0, 0.1) is 11.6 Å². The van der Waals surface area contributed by atoms with Crippen LogP contribution in [0.2, 0.25) is 5.02 Å². The van der Waals surface area contributed by atoms with Crippen LogP contribution in [-0.2, 0) is 6.61 Å². The van der Waals surface area contributed by atoms with Crippen LogP contribution < -0.4 is 10.5 Å². The molecule has 0 heterocycles. The normalized spacial score (nSPS) is 10.3. The molecule has 0 unspecified atom stereocenters. The van der Waals surface area contributed by atoms with E-state index in [0.29, 0.717) is 11.1 Å². The third-order valence-electron chi connectivity index (χ3n) is 2.59. The van der Waals surface area contributed by atoms with Gasteiger partial charge in [0.15, 0.2) is 11.6 Å². The Hall–Kier alpha value is -1.72. The SMILES string of the molecule is NC(=S)c1ccc(OCc2ccc(F)c(Cl)c2)c(F)c1. The van der Waals surface area contributed by atoms with Crippen molar-refractivity contribution in [3.63, 3.8) is 0 Å². The second-order valence-electron chi connectivity index (χ2n) is 4.05. The Morgan fingerprint density at radius 2 is 1.90 bits per heavy atom. The van der Waals surface area contributed by atoms with Gasteiger partial charge in [-0.25, -0.2) is 8.78 Å². The van der Waals surface area contributed by atoms with E-state index in [4.69, 9.17) is 34.3 Å². The quantitative estimate of drug-likeness (QED) is 0.871. The monoisotopic (exact) mass is 313 g/mol. The molecule has 2 rings (SSSR count). The summed E-state index contributed by atoms with van der Waals surface area (Å²) >= 11 is 10.4. The fourth-order valence-electron chi connectivity index (χ4n) is 1.56. The van der Waals surface area contributed by atoms with E-state index >= 15 is 0 Å². The van der Waals surface area contributed by atoms with Crippen LogP contribution >= 0.6 is 23.8 Å². The smallest absolute Gasteiger partial charge is 0.165 e. The van der Waals surface area contributed by atoms with Crippen molar-refractivity contribution >= 4 is 28.8 Å². The van der Waals surface area contributed by atoms with E-state index in [-0.39, 0.29) is 22.4 Å². The van der Waals surface area contributed by atoms with E-state index in [9.17, 15) is 8.78 Å². The summed E-state index contributed by atoms with van der Waals surface area (Å²) < 4.78 is 32.0. The van der Waals surface area contributed by atoms with E-state index < -0.39 is 11.6 Å². The predicted octanol–water partition coefficient (Wildman–Crippen LogP) is 3.83. The molecule has 0 aromatic heterocycles. The van der Waals surface area contributed by atoms with Crippen molar-refractivity contribution in [2.75, 3.05) is 0 Å². The van der Waals surface area contributed by atoms with Crippen LogP contribution in [0.25, 0.3) is 0 Å². The largest absolute Gasteiger partial charge is 0.486 e. The number of benzene rings is 2. The van der Waals surface area contributed by atoms with Gasteiger partial charge in [0, 0.05) is 5.56 Å². The third-order valence-corrected chi connectivity index (χ3v) is 3.12. The van der Waals surface area contributed by atoms with Crippen LogP contribution in [0.5, 0.6) is 5.75 Å². The number of thiocarbonyl (C=S) groups is 1. The number of hydrogen-bond donors (Lipinski definition) is 1. The average molecular weight is 314 g/mol. The molecule has 0 bridgehead atoms. The zero-order valence-electron chi connectivity index (χ0n) is 10.2. The van der Waals surface area contributed by atoms with E-state index in [1.807, 2.05) is 0 Å². The molecule has 0 fully saturated rings. The van der Waals surface area contributed by atoms with Gasteiger partial charge in [-0.1, -0.05) is 29.9 Å². The van der Waals surface area contributed by atoms with Gasteiger partial charge in [0.25, 0.3) is 0 Å². The second-order valence-corrected chi connectivity index (χ2v) is 4.89. The lowest BCUT2D eigenvalue weighted by molar-refractivity contribution is 0.290. The first-order chi connectivity index (χ1) is 9.47. The van der Waals surface area contributed by atoms with Crippen LogP contribution in [-0.4, -0.2) is 4.99 Å². The van der Waals surface area contributed by atoms with Gasteiger partial charge in [0.2, 0.25) is 0 Å². The molecule has 2 nitrogen and oxygen atoms in total. The highest BCUT2D eigenvalue weighted by Gasteiger charge is 2.07. The van der Waals surface area contributed by atoms with Crippen LogP contribution in [0.1, 0.15) is 11.1 Å². The summed E-state index contributed by atoms with van der Waals surface area (Å²) in [4.78, 5) is 0.112. The minimum absolute atomic E-state index is 0.00426. The summed E-state index contributed by atoms with van der Waals surface area (Å²) in [7, 11) is 0. The fourth-order valence-corrected chi connectivity index (χ4v) is 1.89. The molecule has 0 aliphatic heterocycles. The van der Waals surface area contributed by atoms with Gasteiger partial charge in [-0.05, 0) is 35.9 Å². The van der Waals surface area contributed by atoms with Crippen molar-refractivity contribution in [3.8, 4) is 5.75 Å². The lowest BCUT2D eigenvalue weighted by atomic mass is 10.2. The summed E-state index contributed by atoms with van der Waals surface area (Å²) in [5.41, 5.74) is 6.46. The van der Waals surface area contributed by atoms with Crippen molar-refractivity contribution in [2.45, 2.75) is 6.61 Å². The van der Waals surface area contributed by atoms with Gasteiger partial charge < -0.3 is 10.5 Å². The van der Waals surface area contributed by atoms with Gasteiger partial charge in [-0.2, -0.15) is 0 Å². The van der Waals surface area contributed by atoms with Crippen LogP contribution in [0.3, 0.4) is 0 Å². The molecule has 0 spiro atoms. The van der Waals surface area contributed by atoms with Crippen molar-refractivity contribution in [3.05, 3.63) is 64.2 Å². The zero-order valence-corrected chi connectivity index (χ0v) is 11.8. The van der Waals surface area contributed by atoms with Crippen molar-refractivity contribution in [2.24, 2.45) is 5.73 Å². The minimum atomic E-state index is -0.566. The number of rotatable bonds is 4. The molecule has 2 N–H and O–H groups in total. The molecule has 0 atom stereocenters. The molecule has 2 aromatic carbocycles. The molecule has 2 aromatic rings. The summed E-state index contributed by atoms with van der Waals surface area (Å²) in [6, 6.07) is 8.39. The predicted molar refractivity (Wildman–Crippen MR) is 78.0 cm³/mol. The van der Waals surface area contributed by atoms with Crippen LogP contribution in [0.4, 0.5) is 8.78 Å². The van der Waals surface area contributed by atoms with E-state index in [0.717, 1.165) is 0 Å². The van der Waals surface area contributed by atoms with Gasteiger partial charge >= 0.3 is 0 Å². The highest BCUT2D eigenvalue weighted by Crippen LogP contribution is 2.21. The fraction of sp³-hybridized carbons (Fsp3) is 0.0714. The standard InChI is InChI=1S/C14H10ClF2NOS/c15-10-5-8(1-3-11(10)16)7-19-13-4-2-9(14(18)20)6-12(13)17/h1-6H,7H2,(H2,18,20). The molecular formula is C14H10ClF2NOS. The van der Waals surface area contributed by atoms with E-state index in [1.54, 1.807) is 6.07 Å². The van der Waals surface area contributed by atoms with Crippen molar-refractivity contribution in [1.82, 2.24) is 0 Å². The minimum Gasteiger partial charge on any atom is -0.486 e. The number of ether oxygens (including phenoxy) is 1. The molecule has 20 heavy (non-hydrogen) atoms. The Morgan fingerprint density at radius 3 is 2.50 bits per heavy atom. The summed E-state index contributed by atoms with van der Waals surface area (Å²) in [5, 5.41) is -0.00426. The van der Waals surface area contributed by atoms with Crippen molar-refractivity contribution in [1.29, 1.82) is 0 Å². The topological polar surface area (TPSA) is 35.2 Å². The molecule has 0 saturated carbocycles. The molecule has 104 valence electrons. The van der Waals surface area contributed by atoms with E-state index in [2.05, 4.69) is 0 Å². The van der Waals surface area contributed by atoms with Crippen LogP contribution in [0.15, 0.2) is 36.4 Å². The number of hydrogen-bond acceptors (Lipinski definition) is 2. The first-order valence-electron chi connectivity index (χ1n) is 5.63. The molecule has 0 aliphatic carbocycles. The third kappa shape index (κ3) is 3.43. The number of nitrogens with two attached hydrogens (primary N) is 1. The lowest BCUT2D eigenvalue weighted by Crippen LogP contribution is -2.09. The second kappa shape index (κ2) is 6.15. The molecule has 0 radical (unpaired) electrons. The number of halogens is 3. The first kappa shape index (κ1) is 14.7. The van der Waals surface area contributed by atoms with Gasteiger partial charge in [0.05, 0.1) is 5.02 Å². The van der Waals surface area contributed by atoms with E-state index in [1.165, 1.54) is 30.3 Å². The maximum absolute atomic E-state index is 13.7. The first-order valence-corrected chi connectivity index (χ1v) is 6.42. The summed E-state index contributed by atoms with van der Waals surface area (Å²) in [5.74, 6) is -1.02. The highest BCUT2D eigenvalue weighted by molar-refractivity contribution is 7.80. The Bertz CT molecular complexity index is 664. The Morgan fingerprint density at radius 1 is 1.15 bits per heavy atom. The van der Waals surface area contributed by atoms with Crippen molar-refractivity contribution < 1.29 is 13.5 Å². The zero-order chi connectivity index (χ0) is 14.7. The summed E-state index contributed by atoms with van der Waals surface area (Å²) in [6.45, 7) is 0.0728. The Balaban J connectivity index is 2.10. The molecule has 0 saturated heterocycles. The Labute approximate surface area is 125 Å². The maximum atomic E-state index is 13.7. The Kier molecular flexibility index (Phi) is 4.52. The molecule has 0 amide bonds. The lowest BCUT2D eigenvalue weighted by Gasteiger charge is -2.09. The highest BCUT2D eigenvalue weighted by atomic mass is 35.5. The average Bonchev–Trinajstić information content (AvgIpc) is 2.41. The molecule has 0 aliphatic rings. The van der Waals surface area contributed by atoms with Gasteiger partial charge in [0.1, 0.15) is 17.4 Å².